The molecule has 2 atom stereocenters. The number of aryl methyl sites for hydroxylation is 2. The number of hydrogen-bond acceptors (Lipinski definition) is 8. The van der Waals surface area contributed by atoms with E-state index in [0.717, 1.165) is 0 Å². The molecular weight excluding hydrogens is 531 g/mol. The third kappa shape index (κ3) is 8.16. The molecular formula is C30H41FN4O6. The van der Waals surface area contributed by atoms with E-state index < -0.39 is 29.4 Å². The maximum Gasteiger partial charge on any atom is 0.410 e. The number of methoxy groups -OCH3 is 1. The summed E-state index contributed by atoms with van der Waals surface area (Å²) in [5.41, 5.74) is 1.10. The zero-order chi connectivity index (χ0) is 30.5. The lowest BCUT2D eigenvalue weighted by Crippen LogP contribution is -2.55. The Kier molecular flexibility index (Phi) is 10.3. The summed E-state index contributed by atoms with van der Waals surface area (Å²) >= 11 is 0. The number of halogens is 1. The topological polar surface area (TPSA) is 110 Å². The number of nitrogens with zero attached hydrogens (tertiary/aromatic N) is 3. The summed E-state index contributed by atoms with van der Waals surface area (Å²) in [5, 5.41) is 2.75. The van der Waals surface area contributed by atoms with Crippen LogP contribution in [0.3, 0.4) is 0 Å². The average Bonchev–Trinajstić information content (AvgIpc) is 2.88. The van der Waals surface area contributed by atoms with Crippen LogP contribution in [-0.4, -0.2) is 84.2 Å². The molecule has 1 fully saturated rings. The van der Waals surface area contributed by atoms with Gasteiger partial charge in [-0.05, 0) is 72.2 Å². The molecule has 1 saturated heterocycles. The summed E-state index contributed by atoms with van der Waals surface area (Å²) in [4.78, 5) is 46.3. The smallest absolute Gasteiger partial charge is 0.410 e. The summed E-state index contributed by atoms with van der Waals surface area (Å²) in [5.74, 6) is -1.19. The maximum absolute atomic E-state index is 14.7. The van der Waals surface area contributed by atoms with Crippen molar-refractivity contribution in [2.45, 2.75) is 66.2 Å². The van der Waals surface area contributed by atoms with E-state index in [-0.39, 0.29) is 29.0 Å². The van der Waals surface area contributed by atoms with Crippen molar-refractivity contribution < 1.29 is 33.0 Å². The molecule has 1 aliphatic heterocycles. The molecule has 224 valence electrons. The first-order chi connectivity index (χ1) is 19.2. The van der Waals surface area contributed by atoms with Gasteiger partial charge in [0.1, 0.15) is 17.2 Å². The third-order valence-corrected chi connectivity index (χ3v) is 6.74. The summed E-state index contributed by atoms with van der Waals surface area (Å²) in [6, 6.07) is 4.25. The highest BCUT2D eigenvalue weighted by Crippen LogP contribution is 2.30. The predicted octanol–water partition coefficient (Wildman–Crippen LogP) is 4.44. The second-order valence-electron chi connectivity index (χ2n) is 11.3. The Morgan fingerprint density at radius 1 is 1.12 bits per heavy atom. The van der Waals surface area contributed by atoms with Crippen LogP contribution >= 0.6 is 0 Å². The molecule has 11 heteroatoms. The van der Waals surface area contributed by atoms with Crippen molar-refractivity contribution in [1.29, 1.82) is 0 Å². The Morgan fingerprint density at radius 3 is 2.41 bits per heavy atom. The van der Waals surface area contributed by atoms with Crippen molar-refractivity contribution >= 4 is 18.0 Å². The lowest BCUT2D eigenvalue weighted by atomic mass is 10.0. The quantitative estimate of drug-likeness (QED) is 0.463. The fraction of sp³-hybridized carbons (Fsp3) is 0.533. The standard InChI is InChI=1S/C30H41FN4O6/c1-9-32-27(36)22-13-21(28(37)39-8)18(2)12-25(22)40-26(24-14-23(31)19(3)15-33-24)17-34-10-11-35(20(4)16-34)29(38)41-30(5,6)7/h12-15,20,26H,9-11,16-17H2,1-8H3,(H,32,36)/t20-,26-/m1/s1. The van der Waals surface area contributed by atoms with Crippen LogP contribution in [0.2, 0.25) is 0 Å². The molecule has 0 bridgehead atoms. The number of nitrogens with one attached hydrogen (secondary N) is 1. The molecule has 3 rings (SSSR count). The van der Waals surface area contributed by atoms with Crippen LogP contribution in [0.15, 0.2) is 24.4 Å². The van der Waals surface area contributed by atoms with Gasteiger partial charge in [-0.25, -0.2) is 14.0 Å². The van der Waals surface area contributed by atoms with Crippen LogP contribution in [0.4, 0.5) is 9.18 Å². The molecule has 0 spiro atoms. The maximum atomic E-state index is 14.7. The molecule has 10 nitrogen and oxygen atoms in total. The SMILES string of the molecule is CCNC(=O)c1cc(C(=O)OC)c(C)cc1O[C@H](CN1CCN(C(=O)OC(C)(C)C)[C@H](C)C1)c1cc(F)c(C)cn1. The van der Waals surface area contributed by atoms with Gasteiger partial charge in [0.2, 0.25) is 0 Å². The summed E-state index contributed by atoms with van der Waals surface area (Å²) in [6.45, 7) is 14.7. The predicted molar refractivity (Wildman–Crippen MR) is 152 cm³/mol. The van der Waals surface area contributed by atoms with Gasteiger partial charge >= 0.3 is 12.1 Å². The van der Waals surface area contributed by atoms with E-state index >= 15 is 0 Å². The van der Waals surface area contributed by atoms with Crippen molar-refractivity contribution in [3.05, 3.63) is 58.2 Å². The Bertz CT molecular complexity index is 1280. The molecule has 1 aromatic carbocycles. The van der Waals surface area contributed by atoms with Crippen molar-refractivity contribution in [3.63, 3.8) is 0 Å². The number of carbonyl (C=O) groups is 3. The molecule has 1 aliphatic rings. The minimum absolute atomic E-state index is 0.144. The molecule has 1 N–H and O–H groups in total. The average molecular weight is 573 g/mol. The number of ether oxygens (including phenoxy) is 3. The fourth-order valence-electron chi connectivity index (χ4n) is 4.60. The lowest BCUT2D eigenvalue weighted by molar-refractivity contribution is -0.00319. The molecule has 2 heterocycles. The monoisotopic (exact) mass is 572 g/mol. The van der Waals surface area contributed by atoms with Gasteiger partial charge in [0.15, 0.2) is 6.10 Å². The number of aromatic nitrogens is 1. The zero-order valence-corrected chi connectivity index (χ0v) is 25.2. The molecule has 41 heavy (non-hydrogen) atoms. The van der Waals surface area contributed by atoms with E-state index in [1.54, 1.807) is 31.7 Å². The van der Waals surface area contributed by atoms with Crippen LogP contribution in [0.25, 0.3) is 0 Å². The van der Waals surface area contributed by atoms with Crippen LogP contribution in [0, 0.1) is 19.7 Å². The number of hydrogen-bond donors (Lipinski definition) is 1. The Labute approximate surface area is 241 Å². The van der Waals surface area contributed by atoms with E-state index in [1.165, 1.54) is 25.4 Å². The number of pyridine rings is 1. The summed E-state index contributed by atoms with van der Waals surface area (Å²) < 4.78 is 31.5. The highest BCUT2D eigenvalue weighted by atomic mass is 19.1. The number of benzene rings is 1. The molecule has 2 aromatic rings. The van der Waals surface area contributed by atoms with Gasteiger partial charge in [-0.3, -0.25) is 14.7 Å². The first-order valence-corrected chi connectivity index (χ1v) is 13.8. The highest BCUT2D eigenvalue weighted by Gasteiger charge is 2.33. The van der Waals surface area contributed by atoms with E-state index in [0.29, 0.717) is 49.5 Å². The first kappa shape index (κ1) is 31.8. The molecule has 0 saturated carbocycles. The minimum atomic E-state index is -0.762. The van der Waals surface area contributed by atoms with Gasteiger partial charge in [-0.2, -0.15) is 0 Å². The first-order valence-electron chi connectivity index (χ1n) is 13.8. The fourth-order valence-corrected chi connectivity index (χ4v) is 4.60. The number of rotatable bonds is 8. The summed E-state index contributed by atoms with van der Waals surface area (Å²) in [7, 11) is 1.27. The van der Waals surface area contributed by atoms with Gasteiger partial charge in [0, 0.05) is 50.5 Å². The normalized spacial score (nSPS) is 16.6. The van der Waals surface area contributed by atoms with Gasteiger partial charge in [0.25, 0.3) is 5.91 Å². The molecule has 0 radical (unpaired) electrons. The highest BCUT2D eigenvalue weighted by molar-refractivity contribution is 6.01. The van der Waals surface area contributed by atoms with Gasteiger partial charge in [-0.1, -0.05) is 0 Å². The number of carbonyl (C=O) groups excluding carboxylic acids is 3. The number of esters is 1. The summed E-state index contributed by atoms with van der Waals surface area (Å²) in [6.07, 6.45) is 0.315. The Hall–Kier alpha value is -3.73. The van der Waals surface area contributed by atoms with Crippen LogP contribution < -0.4 is 10.1 Å². The zero-order valence-electron chi connectivity index (χ0n) is 25.2. The second kappa shape index (κ2) is 13.3. The van der Waals surface area contributed by atoms with E-state index in [2.05, 4.69) is 15.2 Å². The van der Waals surface area contributed by atoms with E-state index in [1.807, 2.05) is 27.7 Å². The van der Waals surface area contributed by atoms with Crippen LogP contribution in [0.1, 0.15) is 78.3 Å². The van der Waals surface area contributed by atoms with E-state index in [4.69, 9.17) is 14.2 Å². The van der Waals surface area contributed by atoms with Crippen molar-refractivity contribution in [3.8, 4) is 5.75 Å². The van der Waals surface area contributed by atoms with Gasteiger partial charge in [0.05, 0.1) is 23.9 Å². The van der Waals surface area contributed by atoms with Crippen LogP contribution in [-0.2, 0) is 9.47 Å². The van der Waals surface area contributed by atoms with Crippen molar-refractivity contribution in [2.24, 2.45) is 0 Å². The molecule has 0 aliphatic carbocycles. The van der Waals surface area contributed by atoms with E-state index in [9.17, 15) is 18.8 Å². The molecule has 0 unspecified atom stereocenters. The van der Waals surface area contributed by atoms with Crippen LogP contribution in [0.5, 0.6) is 5.75 Å². The molecule has 2 amide bonds. The second-order valence-corrected chi connectivity index (χ2v) is 11.3. The lowest BCUT2D eigenvalue weighted by Gasteiger charge is -2.41. The minimum Gasteiger partial charge on any atom is -0.482 e. The Balaban J connectivity index is 1.94. The van der Waals surface area contributed by atoms with Gasteiger partial charge in [-0.15, -0.1) is 0 Å². The number of amides is 2. The van der Waals surface area contributed by atoms with Gasteiger partial charge < -0.3 is 24.4 Å². The van der Waals surface area contributed by atoms with Crippen molar-refractivity contribution in [2.75, 3.05) is 39.8 Å². The number of piperazine rings is 1. The third-order valence-electron chi connectivity index (χ3n) is 6.74. The molecule has 1 aromatic heterocycles. The largest absolute Gasteiger partial charge is 0.482 e. The Morgan fingerprint density at radius 2 is 1.83 bits per heavy atom. The van der Waals surface area contributed by atoms with Crippen molar-refractivity contribution in [1.82, 2.24) is 20.1 Å².